The molecule has 0 aliphatic rings. The van der Waals surface area contributed by atoms with Crippen molar-refractivity contribution >= 4 is 0 Å². The van der Waals surface area contributed by atoms with Gasteiger partial charge >= 0.3 is 0 Å². The van der Waals surface area contributed by atoms with Gasteiger partial charge in [0.05, 0.1) is 6.10 Å². The maximum absolute atomic E-state index is 5.35. The number of hydrogen-bond acceptors (Lipinski definition) is 2. The molecule has 113 valence electrons. The van der Waals surface area contributed by atoms with E-state index in [2.05, 4.69) is 0 Å². The summed E-state index contributed by atoms with van der Waals surface area (Å²) in [6.07, 6.45) is 0.569. The molecule has 0 N–H and O–H groups in total. The molecule has 0 fully saturated rings. The third-order valence-electron chi connectivity index (χ3n) is 2.01. The van der Waals surface area contributed by atoms with Gasteiger partial charge in [-0.2, -0.15) is 0 Å². The van der Waals surface area contributed by atoms with Crippen molar-refractivity contribution in [3.63, 3.8) is 0 Å². The zero-order chi connectivity index (χ0) is 13.4. The summed E-state index contributed by atoms with van der Waals surface area (Å²) in [4.78, 5) is 0. The molecular weight excluding hydrogens is 283 g/mol. The van der Waals surface area contributed by atoms with Gasteiger partial charge in [0, 0.05) is 28.6 Å². The van der Waals surface area contributed by atoms with Crippen LogP contribution in [0.4, 0.5) is 0 Å². The largest absolute Gasteiger partial charge is 0.745 e. The van der Waals surface area contributed by atoms with E-state index in [0.29, 0.717) is 0 Å². The Balaban J connectivity index is 0.000000324. The van der Waals surface area contributed by atoms with Gasteiger partial charge in [-0.05, 0) is 27.7 Å². The van der Waals surface area contributed by atoms with Crippen molar-refractivity contribution in [2.75, 3.05) is 0 Å². The Morgan fingerprint density at radius 3 is 1.74 bits per heavy atom. The summed E-state index contributed by atoms with van der Waals surface area (Å²) in [5.41, 5.74) is 0. The van der Waals surface area contributed by atoms with Crippen LogP contribution < -0.4 is 9.47 Å². The van der Waals surface area contributed by atoms with Crippen molar-refractivity contribution in [1.29, 1.82) is 0 Å². The first-order valence-electron chi connectivity index (χ1n) is 6.34. The molecule has 0 saturated carbocycles. The Morgan fingerprint density at radius 1 is 0.842 bits per heavy atom. The Kier molecular flexibility index (Phi) is 9.09. The van der Waals surface area contributed by atoms with Crippen LogP contribution in [-0.2, 0) is 16.8 Å². The third kappa shape index (κ3) is 8.51. The van der Waals surface area contributed by atoms with Crippen LogP contribution in [0.5, 0.6) is 11.5 Å². The predicted molar refractivity (Wildman–Crippen MR) is 75.6 cm³/mol. The molecule has 0 spiro atoms. The average molecular weight is 305 g/mol. The second-order valence-electron chi connectivity index (χ2n) is 4.57. The van der Waals surface area contributed by atoms with Gasteiger partial charge in [-0.3, -0.25) is 0 Å². The fourth-order valence-electron chi connectivity index (χ4n) is 1.41. The summed E-state index contributed by atoms with van der Waals surface area (Å²) in [6, 6.07) is 15.7. The van der Waals surface area contributed by atoms with E-state index < -0.39 is 0 Å². The molecule has 0 aliphatic heterocycles. The molecule has 1 radical (unpaired) electrons. The van der Waals surface area contributed by atoms with Crippen LogP contribution in [-0.4, -0.2) is 12.2 Å². The van der Waals surface area contributed by atoms with E-state index in [-0.39, 0.29) is 29.0 Å². The maximum Gasteiger partial charge on any atom is 0.0766 e. The summed E-state index contributed by atoms with van der Waals surface area (Å²) < 4.78 is 10.7. The van der Waals surface area contributed by atoms with E-state index in [1.54, 1.807) is 0 Å². The van der Waals surface area contributed by atoms with Gasteiger partial charge < -0.3 is 39.5 Å². The minimum absolute atomic E-state index is 0. The molecule has 0 aromatic heterocycles. The van der Waals surface area contributed by atoms with Gasteiger partial charge in [-0.25, -0.2) is 12.1 Å². The number of ether oxygens (including phenoxy) is 2. The van der Waals surface area contributed by atoms with Crippen LogP contribution in [0, 0.1) is 0 Å². The van der Waals surface area contributed by atoms with Crippen LogP contribution >= 0.6 is 0 Å². The minimum atomic E-state index is 0. The summed E-state index contributed by atoms with van der Waals surface area (Å²) in [7, 11) is 0. The number of rotatable bonds is 4. The molecule has 0 aliphatic carbocycles. The molecule has 2 rings (SSSR count). The molecule has 0 saturated heterocycles. The van der Waals surface area contributed by atoms with E-state index in [1.165, 1.54) is 0 Å². The third-order valence-corrected chi connectivity index (χ3v) is 2.01. The minimum Gasteiger partial charge on any atom is -0.745 e. The standard InChI is InChI=1S/2C8H11O.Co/c2*1-7(2)9-8-5-3-4-6-8;/h2*3-7H,1-2H3;/q-5;-1;. The van der Waals surface area contributed by atoms with Crippen LogP contribution in [0.2, 0.25) is 0 Å². The normalized spacial score (nSPS) is 9.58. The van der Waals surface area contributed by atoms with Gasteiger partial charge in [0.25, 0.3) is 0 Å². The summed E-state index contributed by atoms with van der Waals surface area (Å²) >= 11 is 0. The summed E-state index contributed by atoms with van der Waals surface area (Å²) in [5, 5.41) is 0. The molecule has 19 heavy (non-hydrogen) atoms. The summed E-state index contributed by atoms with van der Waals surface area (Å²) in [6.45, 7) is 8.08. The average Bonchev–Trinajstić information content (AvgIpc) is 2.90. The fourth-order valence-corrected chi connectivity index (χ4v) is 1.41. The predicted octanol–water partition coefficient (Wildman–Crippen LogP) is 4.38. The molecule has 3 heteroatoms. The quantitative estimate of drug-likeness (QED) is 0.780. The Bertz CT molecular complexity index is 348. The zero-order valence-electron chi connectivity index (χ0n) is 11.9. The summed E-state index contributed by atoms with van der Waals surface area (Å²) in [5.74, 6) is 1.93. The molecule has 0 bridgehead atoms. The van der Waals surface area contributed by atoms with Gasteiger partial charge in [0.15, 0.2) is 0 Å². The van der Waals surface area contributed by atoms with Crippen LogP contribution in [0.25, 0.3) is 0 Å². The van der Waals surface area contributed by atoms with Crippen LogP contribution in [0.3, 0.4) is 0 Å². The van der Waals surface area contributed by atoms with Crippen LogP contribution in [0.1, 0.15) is 27.7 Å². The van der Waals surface area contributed by atoms with E-state index in [9.17, 15) is 0 Å². The topological polar surface area (TPSA) is 18.5 Å². The Hall–Kier alpha value is -1.19. The van der Waals surface area contributed by atoms with Gasteiger partial charge in [-0.1, -0.05) is 0 Å². The second-order valence-corrected chi connectivity index (χ2v) is 4.57. The smallest absolute Gasteiger partial charge is 0.0766 e. The molecule has 0 atom stereocenters. The molecule has 2 nitrogen and oxygen atoms in total. The Morgan fingerprint density at radius 2 is 1.32 bits per heavy atom. The fraction of sp³-hybridized carbons (Fsp3) is 0.375. The zero-order valence-corrected chi connectivity index (χ0v) is 13.0. The van der Waals surface area contributed by atoms with Gasteiger partial charge in [0.1, 0.15) is 0 Å². The van der Waals surface area contributed by atoms with Crippen molar-refractivity contribution in [1.82, 2.24) is 0 Å². The van der Waals surface area contributed by atoms with Crippen molar-refractivity contribution in [2.24, 2.45) is 0 Å². The maximum atomic E-state index is 5.35. The second kappa shape index (κ2) is 9.70. The first-order chi connectivity index (χ1) is 8.58. The van der Waals surface area contributed by atoms with Gasteiger partial charge in [-0.15, -0.1) is 12.1 Å². The Labute approximate surface area is 126 Å². The van der Waals surface area contributed by atoms with Crippen LogP contribution in [0.15, 0.2) is 48.5 Å². The van der Waals surface area contributed by atoms with Crippen molar-refractivity contribution in [3.05, 3.63) is 48.5 Å². The molecule has 2 aromatic rings. The van der Waals surface area contributed by atoms with E-state index >= 15 is 0 Å². The van der Waals surface area contributed by atoms with Crippen molar-refractivity contribution in [2.45, 2.75) is 39.9 Å². The molecule has 0 amide bonds. The monoisotopic (exact) mass is 305 g/mol. The molecule has 0 heterocycles. The van der Waals surface area contributed by atoms with Crippen molar-refractivity contribution < 1.29 is 26.3 Å². The SMILES string of the molecule is CC(C)O[c-]1[cH-][cH-][cH-][cH-]1.CC(C)O[c-]1cccc1.[Co]. The van der Waals surface area contributed by atoms with E-state index in [4.69, 9.17) is 9.47 Å². The first kappa shape index (κ1) is 17.8. The number of hydrogen-bond donors (Lipinski definition) is 0. The molecule has 2 aromatic carbocycles. The van der Waals surface area contributed by atoms with E-state index in [0.717, 1.165) is 11.5 Å². The van der Waals surface area contributed by atoms with E-state index in [1.807, 2.05) is 76.2 Å². The molecular formula is C16H22CoO2-6. The molecule has 0 unspecified atom stereocenters. The van der Waals surface area contributed by atoms with Gasteiger partial charge in [0.2, 0.25) is 0 Å². The van der Waals surface area contributed by atoms with Crippen molar-refractivity contribution in [3.8, 4) is 11.5 Å². The first-order valence-corrected chi connectivity index (χ1v) is 6.34.